The molecule has 0 aromatic heterocycles. The van der Waals surface area contributed by atoms with E-state index in [0.29, 0.717) is 22.4 Å². The van der Waals surface area contributed by atoms with Gasteiger partial charge >= 0.3 is 11.9 Å². The van der Waals surface area contributed by atoms with Crippen LogP contribution in [0.2, 0.25) is 0 Å². The molecule has 0 aliphatic carbocycles. The van der Waals surface area contributed by atoms with Crippen molar-refractivity contribution in [2.24, 2.45) is 11.8 Å². The first-order valence-corrected chi connectivity index (χ1v) is 12.5. The molecule has 5 rings (SSSR count). The first kappa shape index (κ1) is 26.7. The third kappa shape index (κ3) is 4.39. The second-order valence-electron chi connectivity index (χ2n) is 9.96. The number of benzene rings is 3. The van der Waals surface area contributed by atoms with Crippen LogP contribution in [0, 0.1) is 28.9 Å². The molecular weight excluding hydrogens is 518 g/mol. The van der Waals surface area contributed by atoms with Crippen molar-refractivity contribution in [2.45, 2.75) is 31.8 Å². The van der Waals surface area contributed by atoms with E-state index in [2.05, 4.69) is 5.32 Å². The van der Waals surface area contributed by atoms with Gasteiger partial charge in [0.25, 0.3) is 5.69 Å². The van der Waals surface area contributed by atoms with Crippen LogP contribution < -0.4 is 15.0 Å². The number of carboxylic acid groups (broad SMARTS) is 1. The van der Waals surface area contributed by atoms with Crippen LogP contribution in [0.15, 0.2) is 72.8 Å². The Hall–Kier alpha value is -4.90. The molecule has 2 heterocycles. The van der Waals surface area contributed by atoms with E-state index in [1.165, 1.54) is 43.3 Å². The normalized spacial score (nSPS) is 23.6. The Kier molecular flexibility index (Phi) is 6.68. The summed E-state index contributed by atoms with van der Waals surface area (Å²) in [6.45, 7) is 3.02. The van der Waals surface area contributed by atoms with Crippen molar-refractivity contribution < 1.29 is 33.9 Å². The number of nitrogens with one attached hydrogen (secondary N) is 1. The molecule has 0 radical (unpaired) electrons. The zero-order valence-electron chi connectivity index (χ0n) is 21.6. The molecule has 4 unspecified atom stereocenters. The van der Waals surface area contributed by atoms with E-state index in [1.54, 1.807) is 43.3 Å². The number of carbonyl (C=O) groups excluding carboxylic acids is 3. The molecule has 0 bridgehead atoms. The van der Waals surface area contributed by atoms with E-state index < -0.39 is 52.1 Å². The van der Waals surface area contributed by atoms with Crippen LogP contribution in [-0.4, -0.2) is 39.3 Å². The van der Waals surface area contributed by atoms with Gasteiger partial charge in [-0.2, -0.15) is 0 Å². The lowest BCUT2D eigenvalue weighted by molar-refractivity contribution is -0.384. The summed E-state index contributed by atoms with van der Waals surface area (Å²) in [5.41, 5.74) is -0.0233. The third-order valence-corrected chi connectivity index (χ3v) is 7.52. The number of nitro groups is 1. The summed E-state index contributed by atoms with van der Waals surface area (Å²) in [5, 5.41) is 24.9. The SMILES string of the molecule is CC(=O)Oc1ccc(C2NC(Cc3ccc([N+](=O)[O-])cc3)(C(=O)O)C3C(=O)N(c4ccccc4C)C(=O)C23)cc1. The van der Waals surface area contributed by atoms with E-state index in [0.717, 1.165) is 4.90 Å². The Bertz CT molecular complexity index is 1540. The Labute approximate surface area is 228 Å². The van der Waals surface area contributed by atoms with Crippen LogP contribution in [0.25, 0.3) is 0 Å². The number of imide groups is 1. The van der Waals surface area contributed by atoms with Gasteiger partial charge in [0.2, 0.25) is 11.8 Å². The number of carboxylic acids is 1. The molecule has 3 aromatic carbocycles. The van der Waals surface area contributed by atoms with E-state index in [4.69, 9.17) is 4.74 Å². The minimum atomic E-state index is -1.90. The van der Waals surface area contributed by atoms with E-state index >= 15 is 0 Å². The first-order chi connectivity index (χ1) is 19.0. The summed E-state index contributed by atoms with van der Waals surface area (Å²) < 4.78 is 5.10. The Morgan fingerprint density at radius 1 is 1.02 bits per heavy atom. The van der Waals surface area contributed by atoms with Crippen molar-refractivity contribution in [3.8, 4) is 5.75 Å². The van der Waals surface area contributed by atoms with Crippen molar-refractivity contribution in [3.05, 3.63) is 99.6 Å². The minimum absolute atomic E-state index is 0.158. The van der Waals surface area contributed by atoms with Crippen LogP contribution in [0.3, 0.4) is 0 Å². The number of nitrogens with zero attached hydrogens (tertiary/aromatic N) is 2. The van der Waals surface area contributed by atoms with Gasteiger partial charge in [-0.25, -0.2) is 4.90 Å². The zero-order chi connectivity index (χ0) is 28.8. The number of esters is 1. The molecule has 2 amide bonds. The summed E-state index contributed by atoms with van der Waals surface area (Å²) >= 11 is 0. The molecule has 40 heavy (non-hydrogen) atoms. The van der Waals surface area contributed by atoms with Crippen LogP contribution in [0.5, 0.6) is 5.75 Å². The Balaban J connectivity index is 1.62. The summed E-state index contributed by atoms with van der Waals surface area (Å²) in [4.78, 5) is 64.0. The number of hydrogen-bond acceptors (Lipinski definition) is 8. The van der Waals surface area contributed by atoms with E-state index in [-0.39, 0.29) is 17.9 Å². The number of amides is 2. The smallest absolute Gasteiger partial charge is 0.325 e. The Morgan fingerprint density at radius 3 is 2.25 bits per heavy atom. The molecule has 4 atom stereocenters. The maximum absolute atomic E-state index is 14.0. The molecular formula is C29H25N3O8. The highest BCUT2D eigenvalue weighted by Gasteiger charge is 2.68. The molecule has 2 saturated heterocycles. The van der Waals surface area contributed by atoms with Gasteiger partial charge in [-0.1, -0.05) is 42.5 Å². The number of carbonyl (C=O) groups is 4. The highest BCUT2D eigenvalue weighted by Crippen LogP contribution is 2.51. The predicted octanol–water partition coefficient (Wildman–Crippen LogP) is 3.34. The summed E-state index contributed by atoms with van der Waals surface area (Å²) in [7, 11) is 0. The van der Waals surface area contributed by atoms with Crippen LogP contribution in [0.4, 0.5) is 11.4 Å². The average Bonchev–Trinajstić information content (AvgIpc) is 3.39. The highest BCUT2D eigenvalue weighted by molar-refractivity contribution is 6.24. The lowest BCUT2D eigenvalue weighted by atomic mass is 9.76. The molecule has 11 nitrogen and oxygen atoms in total. The van der Waals surface area contributed by atoms with E-state index in [9.17, 15) is 34.4 Å². The van der Waals surface area contributed by atoms with Crippen molar-refractivity contribution in [2.75, 3.05) is 4.90 Å². The van der Waals surface area contributed by atoms with Gasteiger partial charge in [-0.3, -0.25) is 34.6 Å². The minimum Gasteiger partial charge on any atom is -0.480 e. The first-order valence-electron chi connectivity index (χ1n) is 12.5. The van der Waals surface area contributed by atoms with Crippen molar-refractivity contribution >= 4 is 35.1 Å². The number of aliphatic carboxylic acids is 1. The largest absolute Gasteiger partial charge is 0.480 e. The fourth-order valence-electron chi connectivity index (χ4n) is 5.74. The lowest BCUT2D eigenvalue weighted by Crippen LogP contribution is -2.57. The summed E-state index contributed by atoms with van der Waals surface area (Å²) in [5.74, 6) is -5.06. The Morgan fingerprint density at radius 2 is 1.68 bits per heavy atom. The number of aryl methyl sites for hydroxylation is 1. The topological polar surface area (TPSA) is 156 Å². The molecule has 2 fully saturated rings. The van der Waals surface area contributed by atoms with Crippen LogP contribution in [-0.2, 0) is 25.6 Å². The number of ether oxygens (including phenoxy) is 1. The van der Waals surface area contributed by atoms with Crippen molar-refractivity contribution in [1.82, 2.24) is 5.32 Å². The molecule has 3 aromatic rings. The summed E-state index contributed by atoms with van der Waals surface area (Å²) in [6, 6.07) is 17.7. The second-order valence-corrected chi connectivity index (χ2v) is 9.96. The average molecular weight is 544 g/mol. The molecule has 2 N–H and O–H groups in total. The monoisotopic (exact) mass is 543 g/mol. The number of nitro benzene ring substituents is 1. The van der Waals surface area contributed by atoms with Gasteiger partial charge in [0.05, 0.1) is 22.4 Å². The van der Waals surface area contributed by atoms with Gasteiger partial charge in [0, 0.05) is 31.5 Å². The van der Waals surface area contributed by atoms with Crippen LogP contribution >= 0.6 is 0 Å². The van der Waals surface area contributed by atoms with Gasteiger partial charge in [0.15, 0.2) is 0 Å². The maximum Gasteiger partial charge on any atom is 0.325 e. The number of anilines is 1. The molecule has 204 valence electrons. The predicted molar refractivity (Wildman–Crippen MR) is 141 cm³/mol. The number of fused-ring (bicyclic) bond motifs is 1. The molecule has 0 spiro atoms. The standard InChI is InChI=1S/C29H25N3O8/c1-16-5-3-4-6-22(16)31-26(34)23-24(27(31)35)29(28(36)37,15-18-7-11-20(12-8-18)32(38)39)30-25(23)19-9-13-21(14-10-19)40-17(2)33/h3-14,23-25,30H,15H2,1-2H3,(H,36,37). The molecule has 2 aliphatic heterocycles. The number of hydrogen-bond donors (Lipinski definition) is 2. The number of non-ortho nitro benzene ring substituents is 1. The lowest BCUT2D eigenvalue weighted by Gasteiger charge is -2.31. The molecule has 11 heteroatoms. The maximum atomic E-state index is 14.0. The highest BCUT2D eigenvalue weighted by atomic mass is 16.6. The molecule has 2 aliphatic rings. The van der Waals surface area contributed by atoms with Gasteiger partial charge in [-0.15, -0.1) is 0 Å². The second kappa shape index (κ2) is 10.0. The van der Waals surface area contributed by atoms with Gasteiger partial charge in [0.1, 0.15) is 11.3 Å². The number of para-hydroxylation sites is 1. The van der Waals surface area contributed by atoms with Gasteiger partial charge < -0.3 is 9.84 Å². The molecule has 0 saturated carbocycles. The summed E-state index contributed by atoms with van der Waals surface area (Å²) in [6.07, 6.45) is -0.204. The van der Waals surface area contributed by atoms with Crippen LogP contribution in [0.1, 0.15) is 29.7 Å². The van der Waals surface area contributed by atoms with Crippen molar-refractivity contribution in [3.63, 3.8) is 0 Å². The quantitative estimate of drug-likeness (QED) is 0.150. The fraction of sp³-hybridized carbons (Fsp3) is 0.241. The van der Waals surface area contributed by atoms with Gasteiger partial charge in [-0.05, 0) is 41.8 Å². The van der Waals surface area contributed by atoms with E-state index in [1.807, 2.05) is 0 Å². The van der Waals surface area contributed by atoms with Crippen molar-refractivity contribution in [1.29, 1.82) is 0 Å². The zero-order valence-corrected chi connectivity index (χ0v) is 21.6. The fourth-order valence-corrected chi connectivity index (χ4v) is 5.74. The number of rotatable bonds is 7. The third-order valence-electron chi connectivity index (χ3n) is 7.52.